The van der Waals surface area contributed by atoms with Crippen LogP contribution in [0.25, 0.3) is 0 Å². The average Bonchev–Trinajstić information content (AvgIpc) is 2.80. The Morgan fingerprint density at radius 3 is 2.45 bits per heavy atom. The van der Waals surface area contributed by atoms with Crippen LogP contribution in [0.4, 0.5) is 0 Å². The summed E-state index contributed by atoms with van der Waals surface area (Å²) in [6.45, 7) is 2.76. The average molecular weight is 416 g/mol. The highest BCUT2D eigenvalue weighted by Crippen LogP contribution is 2.24. The van der Waals surface area contributed by atoms with Crippen molar-refractivity contribution >= 4 is 15.9 Å². The Bertz CT molecular complexity index is 958. The molecule has 0 N–H and O–H groups in total. The normalized spacial score (nSPS) is 21.1. The van der Waals surface area contributed by atoms with E-state index in [-0.39, 0.29) is 16.9 Å². The van der Waals surface area contributed by atoms with Crippen molar-refractivity contribution in [1.29, 1.82) is 0 Å². The van der Waals surface area contributed by atoms with Crippen molar-refractivity contribution in [3.8, 4) is 0 Å². The van der Waals surface area contributed by atoms with E-state index >= 15 is 0 Å². The van der Waals surface area contributed by atoms with Gasteiger partial charge in [-0.05, 0) is 23.8 Å². The molecule has 0 saturated carbocycles. The van der Waals surface area contributed by atoms with E-state index < -0.39 is 10.0 Å². The van der Waals surface area contributed by atoms with Crippen molar-refractivity contribution in [2.45, 2.75) is 11.0 Å². The molecule has 2 aliphatic heterocycles. The van der Waals surface area contributed by atoms with Crippen LogP contribution in [0.2, 0.25) is 0 Å². The number of carbonyl (C=O) groups excluding carboxylic acids is 1. The first kappa shape index (κ1) is 20.0. The van der Waals surface area contributed by atoms with E-state index in [9.17, 15) is 13.2 Å². The minimum atomic E-state index is -3.64. The topological polar surface area (TPSA) is 76.2 Å². The first-order chi connectivity index (χ1) is 14.1. The van der Waals surface area contributed by atoms with Gasteiger partial charge >= 0.3 is 0 Å². The minimum Gasteiger partial charge on any atom is -0.379 e. The molecule has 2 saturated heterocycles. The Balaban J connectivity index is 1.52. The Labute approximate surface area is 170 Å². The van der Waals surface area contributed by atoms with Crippen molar-refractivity contribution in [2.24, 2.45) is 0 Å². The molecule has 8 heteroatoms. The van der Waals surface area contributed by atoms with E-state index in [1.54, 1.807) is 17.0 Å². The SMILES string of the molecule is O=C(c1cccc(S(=O)(=O)N2CCOCC2)c1)N1CCO[C@@H](c2ccccc2)C1. The smallest absolute Gasteiger partial charge is 0.254 e. The van der Waals surface area contributed by atoms with E-state index in [0.717, 1.165) is 5.56 Å². The van der Waals surface area contributed by atoms with Gasteiger partial charge in [-0.3, -0.25) is 4.79 Å². The summed E-state index contributed by atoms with van der Waals surface area (Å²) >= 11 is 0. The zero-order valence-electron chi connectivity index (χ0n) is 16.1. The number of hydrogen-bond acceptors (Lipinski definition) is 5. The monoisotopic (exact) mass is 416 g/mol. The van der Waals surface area contributed by atoms with Gasteiger partial charge in [-0.25, -0.2) is 8.42 Å². The van der Waals surface area contributed by atoms with Crippen LogP contribution in [-0.4, -0.2) is 69.5 Å². The van der Waals surface area contributed by atoms with Crippen LogP contribution in [0.3, 0.4) is 0 Å². The summed E-state index contributed by atoms with van der Waals surface area (Å²) in [6.07, 6.45) is -0.186. The summed E-state index contributed by atoms with van der Waals surface area (Å²) in [4.78, 5) is 14.9. The van der Waals surface area contributed by atoms with Crippen molar-refractivity contribution in [3.63, 3.8) is 0 Å². The highest BCUT2D eigenvalue weighted by atomic mass is 32.2. The lowest BCUT2D eigenvalue weighted by atomic mass is 10.1. The molecule has 29 heavy (non-hydrogen) atoms. The van der Waals surface area contributed by atoms with Gasteiger partial charge in [-0.1, -0.05) is 36.4 Å². The fraction of sp³-hybridized carbons (Fsp3) is 0.381. The number of sulfonamides is 1. The van der Waals surface area contributed by atoms with Crippen LogP contribution in [-0.2, 0) is 19.5 Å². The summed E-state index contributed by atoms with van der Waals surface area (Å²) in [5.74, 6) is -0.187. The molecule has 2 aliphatic rings. The lowest BCUT2D eigenvalue weighted by Gasteiger charge is -2.33. The lowest BCUT2D eigenvalue weighted by Crippen LogP contribution is -2.42. The zero-order valence-corrected chi connectivity index (χ0v) is 16.9. The van der Waals surface area contributed by atoms with Crippen molar-refractivity contribution < 1.29 is 22.7 Å². The van der Waals surface area contributed by atoms with E-state index in [1.165, 1.54) is 16.4 Å². The highest BCUT2D eigenvalue weighted by Gasteiger charge is 2.29. The third-order valence-electron chi connectivity index (χ3n) is 5.21. The van der Waals surface area contributed by atoms with Crippen LogP contribution >= 0.6 is 0 Å². The fourth-order valence-electron chi connectivity index (χ4n) is 3.61. The summed E-state index contributed by atoms with van der Waals surface area (Å²) in [7, 11) is -3.64. The van der Waals surface area contributed by atoms with Gasteiger partial charge < -0.3 is 14.4 Å². The van der Waals surface area contributed by atoms with Crippen molar-refractivity contribution in [1.82, 2.24) is 9.21 Å². The molecule has 0 bridgehead atoms. The molecule has 2 aromatic rings. The van der Waals surface area contributed by atoms with Crippen molar-refractivity contribution in [3.05, 3.63) is 65.7 Å². The van der Waals surface area contributed by atoms with Gasteiger partial charge in [0.2, 0.25) is 10.0 Å². The van der Waals surface area contributed by atoms with Gasteiger partial charge in [0.05, 0.1) is 31.3 Å². The number of carbonyl (C=O) groups is 1. The van der Waals surface area contributed by atoms with E-state index in [2.05, 4.69) is 0 Å². The van der Waals surface area contributed by atoms with Crippen molar-refractivity contribution in [2.75, 3.05) is 46.0 Å². The van der Waals surface area contributed by atoms with Gasteiger partial charge in [0.15, 0.2) is 0 Å². The maximum Gasteiger partial charge on any atom is 0.254 e. The molecule has 0 aromatic heterocycles. The first-order valence-electron chi connectivity index (χ1n) is 9.69. The molecule has 2 fully saturated rings. The molecule has 7 nitrogen and oxygen atoms in total. The van der Waals surface area contributed by atoms with E-state index in [4.69, 9.17) is 9.47 Å². The van der Waals surface area contributed by atoms with Crippen LogP contribution < -0.4 is 0 Å². The Hall–Kier alpha value is -2.26. The third-order valence-corrected chi connectivity index (χ3v) is 7.11. The standard InChI is InChI=1S/C21H24N2O5S/c24-21(22-9-14-28-20(16-22)17-5-2-1-3-6-17)18-7-4-8-19(15-18)29(25,26)23-10-12-27-13-11-23/h1-8,15,20H,9-14,16H2/t20-/m1/s1. The number of rotatable bonds is 4. The van der Waals surface area contributed by atoms with Crippen LogP contribution in [0.5, 0.6) is 0 Å². The molecule has 0 aliphatic carbocycles. The molecule has 0 spiro atoms. The lowest BCUT2D eigenvalue weighted by molar-refractivity contribution is -0.0228. The molecule has 2 heterocycles. The number of benzene rings is 2. The van der Waals surface area contributed by atoms with Crippen LogP contribution in [0.1, 0.15) is 22.0 Å². The Morgan fingerprint density at radius 1 is 0.931 bits per heavy atom. The summed E-state index contributed by atoms with van der Waals surface area (Å²) in [5, 5.41) is 0. The molecule has 0 radical (unpaired) electrons. The van der Waals surface area contributed by atoms with Gasteiger partial charge in [0.25, 0.3) is 5.91 Å². The Morgan fingerprint density at radius 2 is 1.69 bits per heavy atom. The second-order valence-corrected chi connectivity index (χ2v) is 9.00. The second kappa shape index (κ2) is 8.62. The zero-order chi connectivity index (χ0) is 20.3. The molecule has 1 atom stereocenters. The summed E-state index contributed by atoms with van der Waals surface area (Å²) < 4.78 is 38.3. The Kier molecular flexibility index (Phi) is 5.96. The summed E-state index contributed by atoms with van der Waals surface area (Å²) in [6, 6.07) is 16.1. The third kappa shape index (κ3) is 4.35. The molecule has 0 unspecified atom stereocenters. The molecular weight excluding hydrogens is 392 g/mol. The largest absolute Gasteiger partial charge is 0.379 e. The molecule has 4 rings (SSSR count). The molecule has 154 valence electrons. The highest BCUT2D eigenvalue weighted by molar-refractivity contribution is 7.89. The number of nitrogens with zero attached hydrogens (tertiary/aromatic N) is 2. The van der Waals surface area contributed by atoms with Crippen LogP contribution in [0, 0.1) is 0 Å². The maximum atomic E-state index is 13.1. The van der Waals surface area contributed by atoms with Crippen LogP contribution in [0.15, 0.2) is 59.5 Å². The number of hydrogen-bond donors (Lipinski definition) is 0. The minimum absolute atomic E-state index is 0.137. The van der Waals surface area contributed by atoms with Gasteiger partial charge in [0.1, 0.15) is 6.10 Å². The predicted molar refractivity (Wildman–Crippen MR) is 107 cm³/mol. The van der Waals surface area contributed by atoms with Gasteiger partial charge in [0, 0.05) is 25.2 Å². The van der Waals surface area contributed by atoms with E-state index in [1.807, 2.05) is 30.3 Å². The predicted octanol–water partition coefficient (Wildman–Crippen LogP) is 1.92. The molecule has 2 aromatic carbocycles. The molecular formula is C21H24N2O5S. The van der Waals surface area contributed by atoms with Gasteiger partial charge in [-0.15, -0.1) is 0 Å². The summed E-state index contributed by atoms with van der Waals surface area (Å²) in [5.41, 5.74) is 1.39. The number of ether oxygens (including phenoxy) is 2. The second-order valence-electron chi connectivity index (χ2n) is 7.07. The fourth-order valence-corrected chi connectivity index (χ4v) is 5.07. The van der Waals surface area contributed by atoms with E-state index in [0.29, 0.717) is 51.6 Å². The number of amides is 1. The number of morpholine rings is 2. The van der Waals surface area contributed by atoms with Gasteiger partial charge in [-0.2, -0.15) is 4.31 Å². The first-order valence-corrected chi connectivity index (χ1v) is 11.1. The maximum absolute atomic E-state index is 13.1. The quantitative estimate of drug-likeness (QED) is 0.761. The molecule has 1 amide bonds.